The number of allylic oxidation sites excluding steroid dienone is 4. The Hall–Kier alpha value is -3.69. The Morgan fingerprint density at radius 1 is 1.23 bits per heavy atom. The van der Waals surface area contributed by atoms with Crippen molar-refractivity contribution in [3.63, 3.8) is 0 Å². The Balaban J connectivity index is 1.11. The number of carbonyl (C=O) groups is 2. The zero-order valence-corrected chi connectivity index (χ0v) is 19.8. The van der Waals surface area contributed by atoms with Crippen LogP contribution in [-0.2, 0) is 9.53 Å². The van der Waals surface area contributed by atoms with E-state index in [1.807, 2.05) is 31.2 Å². The number of rotatable bonds is 7. The van der Waals surface area contributed by atoms with E-state index in [9.17, 15) is 9.59 Å². The van der Waals surface area contributed by atoms with Crippen LogP contribution in [-0.4, -0.2) is 46.8 Å². The number of nitrogens with zero attached hydrogens (tertiary/aromatic N) is 4. The van der Waals surface area contributed by atoms with Crippen molar-refractivity contribution < 1.29 is 18.7 Å². The predicted molar refractivity (Wildman–Crippen MR) is 130 cm³/mol. The first-order valence-corrected chi connectivity index (χ1v) is 12.2. The Labute approximate surface area is 203 Å². The number of carbonyl (C=O) groups excluding carboxylic acids is 2. The summed E-state index contributed by atoms with van der Waals surface area (Å²) >= 11 is 0. The van der Waals surface area contributed by atoms with Gasteiger partial charge in [0.25, 0.3) is 0 Å². The lowest BCUT2D eigenvalue weighted by Gasteiger charge is -2.51. The Kier molecular flexibility index (Phi) is 6.52. The molecule has 184 valence electrons. The topological polar surface area (TPSA) is 122 Å². The summed E-state index contributed by atoms with van der Waals surface area (Å²) in [6.45, 7) is 4.10. The average molecular weight is 479 g/mol. The van der Waals surface area contributed by atoms with Crippen LogP contribution in [0, 0.1) is 11.3 Å². The van der Waals surface area contributed by atoms with E-state index < -0.39 is 5.91 Å². The molecular weight excluding hydrogens is 448 g/mol. The summed E-state index contributed by atoms with van der Waals surface area (Å²) in [7, 11) is 0. The molecule has 10 heteroatoms. The van der Waals surface area contributed by atoms with Crippen molar-refractivity contribution in [3.8, 4) is 0 Å². The quantitative estimate of drug-likeness (QED) is 0.570. The molecule has 3 heterocycles. The fourth-order valence-corrected chi connectivity index (χ4v) is 5.07. The summed E-state index contributed by atoms with van der Waals surface area (Å²) in [5, 5.41) is 13.5. The van der Waals surface area contributed by atoms with Crippen molar-refractivity contribution >= 4 is 29.4 Å². The lowest BCUT2D eigenvalue weighted by Crippen LogP contribution is -2.49. The maximum Gasteiger partial charge on any atom is 0.320 e. The molecular formula is C25H30N6O4. The maximum absolute atomic E-state index is 12.5. The summed E-state index contributed by atoms with van der Waals surface area (Å²) in [5.74, 6) is 0.282. The van der Waals surface area contributed by atoms with Crippen LogP contribution in [0.3, 0.4) is 0 Å². The number of hydrogen-bond acceptors (Lipinski definition) is 9. The highest BCUT2D eigenvalue weighted by atomic mass is 16.5. The third kappa shape index (κ3) is 5.21. The van der Waals surface area contributed by atoms with Gasteiger partial charge in [0, 0.05) is 18.8 Å². The van der Waals surface area contributed by atoms with Crippen LogP contribution in [0.25, 0.3) is 0 Å². The number of ether oxygens (including phenoxy) is 1. The lowest BCUT2D eigenvalue weighted by atomic mass is 9.57. The van der Waals surface area contributed by atoms with Gasteiger partial charge in [-0.1, -0.05) is 17.3 Å². The second-order valence-corrected chi connectivity index (χ2v) is 9.40. The van der Waals surface area contributed by atoms with Gasteiger partial charge < -0.3 is 24.7 Å². The highest BCUT2D eigenvalue weighted by Crippen LogP contribution is 2.53. The van der Waals surface area contributed by atoms with E-state index in [-0.39, 0.29) is 29.2 Å². The van der Waals surface area contributed by atoms with Gasteiger partial charge in [0.2, 0.25) is 0 Å². The Bertz CT molecular complexity index is 1120. The van der Waals surface area contributed by atoms with Gasteiger partial charge in [0.1, 0.15) is 5.82 Å². The van der Waals surface area contributed by atoms with Crippen LogP contribution in [0.1, 0.15) is 56.1 Å². The number of nitrogens with one attached hydrogen (secondary N) is 2. The fourth-order valence-electron chi connectivity index (χ4n) is 5.07. The average Bonchev–Trinajstić information content (AvgIpc) is 3.32. The van der Waals surface area contributed by atoms with E-state index in [0.29, 0.717) is 12.3 Å². The molecule has 0 aromatic carbocycles. The van der Waals surface area contributed by atoms with Crippen molar-refractivity contribution in [3.05, 3.63) is 48.1 Å². The van der Waals surface area contributed by atoms with Gasteiger partial charge >= 0.3 is 23.8 Å². The van der Waals surface area contributed by atoms with Gasteiger partial charge in [0.15, 0.2) is 0 Å². The smallest absolute Gasteiger partial charge is 0.320 e. The number of aromatic nitrogens is 3. The monoisotopic (exact) mass is 478 g/mol. The maximum atomic E-state index is 12.5. The molecule has 5 rings (SSSR count). The van der Waals surface area contributed by atoms with E-state index >= 15 is 0 Å². The zero-order valence-electron chi connectivity index (χ0n) is 19.8. The predicted octanol–water partition coefficient (Wildman–Crippen LogP) is 3.92. The second kappa shape index (κ2) is 9.89. The number of pyridine rings is 1. The van der Waals surface area contributed by atoms with Crippen molar-refractivity contribution in [2.75, 3.05) is 35.2 Å². The molecule has 0 unspecified atom stereocenters. The van der Waals surface area contributed by atoms with Crippen molar-refractivity contribution in [1.82, 2.24) is 15.2 Å². The standard InChI is InChI=1S/C25H30N6O4/c1-2-34-23(33)17-14-25(15-17)10-12-31(13-11-25)20-9-8-19(16-26-20)27-21(32)22-29-30-24(35-22)28-18-6-4-3-5-7-18/h3-4,6,8-9,16-17H,2,5,7,10-15H2,1H3,(H,27,32)(H,28,30). The summed E-state index contributed by atoms with van der Waals surface area (Å²) in [5.41, 5.74) is 1.78. The van der Waals surface area contributed by atoms with E-state index in [1.165, 1.54) is 0 Å². The van der Waals surface area contributed by atoms with Crippen LogP contribution < -0.4 is 15.5 Å². The number of anilines is 3. The van der Waals surface area contributed by atoms with Gasteiger partial charge in [0.05, 0.1) is 24.4 Å². The summed E-state index contributed by atoms with van der Waals surface area (Å²) in [6, 6.07) is 3.91. The Morgan fingerprint density at radius 2 is 2.06 bits per heavy atom. The van der Waals surface area contributed by atoms with Crippen LogP contribution in [0.15, 0.2) is 46.7 Å². The number of esters is 1. The minimum absolute atomic E-state index is 0.0492. The zero-order chi connectivity index (χ0) is 24.3. The van der Waals surface area contributed by atoms with Gasteiger partial charge in [-0.3, -0.25) is 9.59 Å². The van der Waals surface area contributed by atoms with E-state index in [4.69, 9.17) is 9.15 Å². The highest BCUT2D eigenvalue weighted by Gasteiger charge is 2.49. The van der Waals surface area contributed by atoms with Crippen molar-refractivity contribution in [2.24, 2.45) is 11.3 Å². The van der Waals surface area contributed by atoms with Gasteiger partial charge in [-0.15, -0.1) is 5.10 Å². The molecule has 1 aliphatic heterocycles. The van der Waals surface area contributed by atoms with Crippen LogP contribution in [0.5, 0.6) is 0 Å². The lowest BCUT2D eigenvalue weighted by molar-refractivity contribution is -0.157. The molecule has 1 amide bonds. The normalized spacial score (nSPS) is 19.1. The molecule has 2 aliphatic carbocycles. The molecule has 0 radical (unpaired) electrons. The molecule has 1 saturated heterocycles. The van der Waals surface area contributed by atoms with Crippen LogP contribution in [0.2, 0.25) is 0 Å². The molecule has 2 fully saturated rings. The van der Waals surface area contributed by atoms with Crippen LogP contribution in [0.4, 0.5) is 17.5 Å². The minimum Gasteiger partial charge on any atom is -0.466 e. The number of piperidine rings is 1. The first kappa shape index (κ1) is 23.1. The molecule has 2 aromatic heterocycles. The molecule has 1 spiro atoms. The molecule has 35 heavy (non-hydrogen) atoms. The summed E-state index contributed by atoms with van der Waals surface area (Å²) in [4.78, 5) is 31.2. The van der Waals surface area contributed by atoms with Gasteiger partial charge in [-0.05, 0) is 69.1 Å². The van der Waals surface area contributed by atoms with Crippen molar-refractivity contribution in [1.29, 1.82) is 0 Å². The highest BCUT2D eigenvalue weighted by molar-refractivity contribution is 6.00. The largest absolute Gasteiger partial charge is 0.466 e. The van der Waals surface area contributed by atoms with Gasteiger partial charge in [-0.25, -0.2) is 4.98 Å². The minimum atomic E-state index is -0.487. The molecule has 1 saturated carbocycles. The van der Waals surface area contributed by atoms with E-state index in [2.05, 4.69) is 36.8 Å². The Morgan fingerprint density at radius 3 is 2.74 bits per heavy atom. The number of hydrogen-bond donors (Lipinski definition) is 2. The molecule has 0 bridgehead atoms. The van der Waals surface area contributed by atoms with Gasteiger partial charge in [-0.2, -0.15) is 0 Å². The first-order chi connectivity index (χ1) is 17.0. The molecule has 2 aromatic rings. The third-order valence-electron chi connectivity index (χ3n) is 7.03. The molecule has 10 nitrogen and oxygen atoms in total. The SMILES string of the molecule is CCOC(=O)C1CC2(CCN(c3ccc(NC(=O)c4nnc(NC5=CC=CCC5)o4)cn3)CC2)C1. The molecule has 3 aliphatic rings. The summed E-state index contributed by atoms with van der Waals surface area (Å²) < 4.78 is 10.6. The molecule has 2 N–H and O–H groups in total. The first-order valence-electron chi connectivity index (χ1n) is 12.2. The van der Waals surface area contributed by atoms with E-state index in [1.54, 1.807) is 6.20 Å². The van der Waals surface area contributed by atoms with E-state index in [0.717, 1.165) is 63.1 Å². The molecule has 0 atom stereocenters. The second-order valence-electron chi connectivity index (χ2n) is 9.40. The number of amides is 1. The third-order valence-corrected chi connectivity index (χ3v) is 7.03. The summed E-state index contributed by atoms with van der Waals surface area (Å²) in [6.07, 6.45) is 13.4. The fraction of sp³-hybridized carbons (Fsp3) is 0.480. The van der Waals surface area contributed by atoms with Crippen molar-refractivity contribution in [2.45, 2.75) is 45.4 Å². The van der Waals surface area contributed by atoms with Crippen LogP contribution >= 0.6 is 0 Å².